The number of aryl methyl sites for hydroxylation is 1. The molecule has 1 aliphatic heterocycles. The van der Waals surface area contributed by atoms with Crippen LogP contribution in [0.2, 0.25) is 0 Å². The van der Waals surface area contributed by atoms with E-state index in [-0.39, 0.29) is 18.3 Å². The molecule has 0 radical (unpaired) electrons. The van der Waals surface area contributed by atoms with Gasteiger partial charge in [0.05, 0.1) is 0 Å². The molecule has 1 amide bonds. The second kappa shape index (κ2) is 7.51. The predicted molar refractivity (Wildman–Crippen MR) is 80.5 cm³/mol. The Hall–Kier alpha value is -1.06. The van der Waals surface area contributed by atoms with Gasteiger partial charge in [0, 0.05) is 19.5 Å². The van der Waals surface area contributed by atoms with Gasteiger partial charge < -0.3 is 10.2 Å². The molecule has 1 aromatic carbocycles. The Morgan fingerprint density at radius 2 is 1.95 bits per heavy atom. The van der Waals surface area contributed by atoms with E-state index in [4.69, 9.17) is 0 Å². The molecule has 4 heteroatoms. The van der Waals surface area contributed by atoms with E-state index in [0.717, 1.165) is 32.5 Å². The average molecular weight is 283 g/mol. The fraction of sp³-hybridized carbons (Fsp3) is 0.533. The van der Waals surface area contributed by atoms with E-state index in [2.05, 4.69) is 24.4 Å². The third kappa shape index (κ3) is 4.22. The Morgan fingerprint density at radius 3 is 2.58 bits per heavy atom. The minimum atomic E-state index is 0. The molecule has 2 rings (SSSR count). The highest BCUT2D eigenvalue weighted by Gasteiger charge is 2.23. The van der Waals surface area contributed by atoms with Gasteiger partial charge in [-0.05, 0) is 44.0 Å². The van der Waals surface area contributed by atoms with Crippen molar-refractivity contribution >= 4 is 18.3 Å². The number of amides is 1. The van der Waals surface area contributed by atoms with Crippen molar-refractivity contribution in [3.8, 4) is 0 Å². The number of hydrogen-bond donors (Lipinski definition) is 1. The highest BCUT2D eigenvalue weighted by Crippen LogP contribution is 2.17. The van der Waals surface area contributed by atoms with Crippen LogP contribution in [-0.2, 0) is 11.3 Å². The first-order valence-electron chi connectivity index (χ1n) is 6.68. The first kappa shape index (κ1) is 16.0. The Kier molecular flexibility index (Phi) is 6.32. The number of nitrogens with one attached hydrogen (secondary N) is 1. The summed E-state index contributed by atoms with van der Waals surface area (Å²) in [6, 6.07) is 8.26. The summed E-state index contributed by atoms with van der Waals surface area (Å²) in [5.74, 6) is 0.500. The molecule has 1 fully saturated rings. The molecule has 3 nitrogen and oxygen atoms in total. The molecule has 1 heterocycles. The Bertz CT molecular complexity index is 416. The molecule has 0 saturated carbocycles. The van der Waals surface area contributed by atoms with Crippen LogP contribution in [0.1, 0.15) is 24.0 Å². The van der Waals surface area contributed by atoms with Gasteiger partial charge in [-0.15, -0.1) is 12.4 Å². The van der Waals surface area contributed by atoms with Gasteiger partial charge in [0.1, 0.15) is 0 Å². The normalized spacial score (nSPS) is 15.7. The van der Waals surface area contributed by atoms with E-state index in [1.807, 2.05) is 24.1 Å². The van der Waals surface area contributed by atoms with Crippen LogP contribution in [0.5, 0.6) is 0 Å². The SMILES string of the molecule is Cc1ccccc1CN(C)C(=O)C1CCNCC1.Cl. The van der Waals surface area contributed by atoms with E-state index in [9.17, 15) is 4.79 Å². The number of carbonyl (C=O) groups excluding carboxylic acids is 1. The molecule has 19 heavy (non-hydrogen) atoms. The number of carbonyl (C=O) groups is 1. The summed E-state index contributed by atoms with van der Waals surface area (Å²) in [5, 5.41) is 3.30. The van der Waals surface area contributed by atoms with Crippen LogP contribution in [0.4, 0.5) is 0 Å². The van der Waals surface area contributed by atoms with Gasteiger partial charge in [0.15, 0.2) is 0 Å². The van der Waals surface area contributed by atoms with E-state index in [1.54, 1.807) is 0 Å². The van der Waals surface area contributed by atoms with Crippen LogP contribution in [0.15, 0.2) is 24.3 Å². The van der Waals surface area contributed by atoms with Crippen LogP contribution in [0.3, 0.4) is 0 Å². The van der Waals surface area contributed by atoms with Crippen molar-refractivity contribution < 1.29 is 4.79 Å². The summed E-state index contributed by atoms with van der Waals surface area (Å²) in [7, 11) is 1.91. The monoisotopic (exact) mass is 282 g/mol. The highest BCUT2D eigenvalue weighted by molar-refractivity contribution is 5.85. The average Bonchev–Trinajstić information content (AvgIpc) is 2.41. The molecule has 1 N–H and O–H groups in total. The molecule has 0 unspecified atom stereocenters. The van der Waals surface area contributed by atoms with Crippen molar-refractivity contribution in [1.29, 1.82) is 0 Å². The number of halogens is 1. The molecule has 1 saturated heterocycles. The van der Waals surface area contributed by atoms with Crippen molar-refractivity contribution in [2.24, 2.45) is 5.92 Å². The number of benzene rings is 1. The Morgan fingerprint density at radius 1 is 1.32 bits per heavy atom. The maximum atomic E-state index is 12.3. The van der Waals surface area contributed by atoms with Crippen molar-refractivity contribution in [3.63, 3.8) is 0 Å². The zero-order chi connectivity index (χ0) is 13.0. The lowest BCUT2D eigenvalue weighted by Gasteiger charge is -2.27. The fourth-order valence-corrected chi connectivity index (χ4v) is 2.50. The standard InChI is InChI=1S/C15H22N2O.ClH/c1-12-5-3-4-6-14(12)11-17(2)15(18)13-7-9-16-10-8-13;/h3-6,13,16H,7-11H2,1-2H3;1H. The number of piperidine rings is 1. The largest absolute Gasteiger partial charge is 0.341 e. The van der Waals surface area contributed by atoms with Gasteiger partial charge >= 0.3 is 0 Å². The minimum absolute atomic E-state index is 0. The van der Waals surface area contributed by atoms with Gasteiger partial charge in [0.25, 0.3) is 0 Å². The van der Waals surface area contributed by atoms with Crippen molar-refractivity contribution in [1.82, 2.24) is 10.2 Å². The molecule has 0 atom stereocenters. The van der Waals surface area contributed by atoms with Crippen molar-refractivity contribution in [2.75, 3.05) is 20.1 Å². The third-order valence-corrected chi connectivity index (χ3v) is 3.73. The molecular formula is C15H23ClN2O. The highest BCUT2D eigenvalue weighted by atomic mass is 35.5. The second-order valence-electron chi connectivity index (χ2n) is 5.15. The summed E-state index contributed by atoms with van der Waals surface area (Å²) >= 11 is 0. The van der Waals surface area contributed by atoms with Crippen LogP contribution in [0.25, 0.3) is 0 Å². The summed E-state index contributed by atoms with van der Waals surface area (Å²) in [6.45, 7) is 4.75. The van der Waals surface area contributed by atoms with Crippen LogP contribution in [-0.4, -0.2) is 30.9 Å². The molecule has 0 bridgehead atoms. The van der Waals surface area contributed by atoms with Crippen molar-refractivity contribution in [2.45, 2.75) is 26.3 Å². The van der Waals surface area contributed by atoms with Crippen LogP contribution in [0, 0.1) is 12.8 Å². The minimum Gasteiger partial charge on any atom is -0.341 e. The first-order valence-corrected chi connectivity index (χ1v) is 6.68. The second-order valence-corrected chi connectivity index (χ2v) is 5.15. The summed E-state index contributed by atoms with van der Waals surface area (Å²) in [6.07, 6.45) is 1.94. The fourth-order valence-electron chi connectivity index (χ4n) is 2.50. The van der Waals surface area contributed by atoms with E-state index in [0.29, 0.717) is 5.91 Å². The van der Waals surface area contributed by atoms with E-state index >= 15 is 0 Å². The molecule has 0 aliphatic carbocycles. The van der Waals surface area contributed by atoms with E-state index in [1.165, 1.54) is 11.1 Å². The summed E-state index contributed by atoms with van der Waals surface area (Å²) in [4.78, 5) is 14.2. The molecule has 106 valence electrons. The lowest BCUT2D eigenvalue weighted by atomic mass is 9.96. The van der Waals surface area contributed by atoms with Crippen LogP contribution < -0.4 is 5.32 Å². The number of rotatable bonds is 3. The zero-order valence-electron chi connectivity index (χ0n) is 11.7. The lowest BCUT2D eigenvalue weighted by Crippen LogP contribution is -2.39. The number of nitrogens with zero attached hydrogens (tertiary/aromatic N) is 1. The topological polar surface area (TPSA) is 32.3 Å². The van der Waals surface area contributed by atoms with Crippen LogP contribution >= 0.6 is 12.4 Å². The summed E-state index contributed by atoms with van der Waals surface area (Å²) < 4.78 is 0. The summed E-state index contributed by atoms with van der Waals surface area (Å²) in [5.41, 5.74) is 2.49. The maximum absolute atomic E-state index is 12.3. The van der Waals surface area contributed by atoms with Gasteiger partial charge in [0.2, 0.25) is 5.91 Å². The van der Waals surface area contributed by atoms with Gasteiger partial charge in [-0.25, -0.2) is 0 Å². The lowest BCUT2D eigenvalue weighted by molar-refractivity contribution is -0.135. The Labute approximate surface area is 121 Å². The first-order chi connectivity index (χ1) is 8.68. The smallest absolute Gasteiger partial charge is 0.225 e. The third-order valence-electron chi connectivity index (χ3n) is 3.73. The van der Waals surface area contributed by atoms with Gasteiger partial charge in [-0.1, -0.05) is 24.3 Å². The van der Waals surface area contributed by atoms with Gasteiger partial charge in [-0.2, -0.15) is 0 Å². The number of hydrogen-bond acceptors (Lipinski definition) is 2. The molecule has 1 aromatic rings. The zero-order valence-corrected chi connectivity index (χ0v) is 12.5. The molecule has 0 aromatic heterocycles. The molecule has 1 aliphatic rings. The van der Waals surface area contributed by atoms with E-state index < -0.39 is 0 Å². The van der Waals surface area contributed by atoms with Gasteiger partial charge in [-0.3, -0.25) is 4.79 Å². The predicted octanol–water partition coefficient (Wildman–Crippen LogP) is 2.37. The Balaban J connectivity index is 0.00000180. The quantitative estimate of drug-likeness (QED) is 0.923. The van der Waals surface area contributed by atoms with Crippen molar-refractivity contribution in [3.05, 3.63) is 35.4 Å². The molecule has 0 spiro atoms. The maximum Gasteiger partial charge on any atom is 0.225 e. The molecular weight excluding hydrogens is 260 g/mol.